The zero-order valence-electron chi connectivity index (χ0n) is 61.7. The highest BCUT2D eigenvalue weighted by Gasteiger charge is 2.22. The number of aliphatic carboxylic acids is 1. The molecule has 540 valence electrons. The number of ether oxygens (including phenoxy) is 4. The van der Waals surface area contributed by atoms with E-state index < -0.39 is 24.3 Å². The third kappa shape index (κ3) is 76.1. The van der Waals surface area contributed by atoms with E-state index in [0.29, 0.717) is 17.4 Å². The van der Waals surface area contributed by atoms with Gasteiger partial charge in [0.25, 0.3) is 0 Å². The van der Waals surface area contributed by atoms with Gasteiger partial charge in [-0.05, 0) is 128 Å². The Balaban J connectivity index is 4.18. The molecule has 0 saturated heterocycles. The summed E-state index contributed by atoms with van der Waals surface area (Å²) in [6, 6.07) is 0. The monoisotopic (exact) mass is 1320 g/mol. The van der Waals surface area contributed by atoms with Gasteiger partial charge in [0, 0.05) is 12.8 Å². The van der Waals surface area contributed by atoms with Crippen LogP contribution in [0.1, 0.15) is 309 Å². The fourth-order valence-corrected chi connectivity index (χ4v) is 10.4. The lowest BCUT2D eigenvalue weighted by atomic mass is 10.0. The Morgan fingerprint density at radius 2 is 0.600 bits per heavy atom. The van der Waals surface area contributed by atoms with Crippen LogP contribution in [0, 0.1) is 0 Å². The molecule has 0 aromatic heterocycles. The van der Waals surface area contributed by atoms with E-state index in [0.717, 1.165) is 122 Å². The molecule has 2 atom stereocenters. The van der Waals surface area contributed by atoms with Crippen LogP contribution in [0.4, 0.5) is 0 Å². The van der Waals surface area contributed by atoms with Gasteiger partial charge in [-0.3, -0.25) is 9.59 Å². The number of allylic oxidation sites excluding steroid dienone is 26. The van der Waals surface area contributed by atoms with Crippen molar-refractivity contribution in [1.82, 2.24) is 0 Å². The second-order valence-corrected chi connectivity index (χ2v) is 26.6. The number of esters is 2. The Hall–Kier alpha value is -5.09. The van der Waals surface area contributed by atoms with Gasteiger partial charge in [-0.15, -0.1) is 0 Å². The lowest BCUT2D eigenvalue weighted by molar-refractivity contribution is -0.870. The maximum Gasteiger partial charge on any atom is 0.306 e. The summed E-state index contributed by atoms with van der Waals surface area (Å²) < 4.78 is 22.8. The first-order valence-electron chi connectivity index (χ1n) is 38.6. The van der Waals surface area contributed by atoms with Crippen LogP contribution in [0.2, 0.25) is 0 Å². The summed E-state index contributed by atoms with van der Waals surface area (Å²) in [6.07, 6.45) is 108. The van der Waals surface area contributed by atoms with Gasteiger partial charge in [0.2, 0.25) is 0 Å². The van der Waals surface area contributed by atoms with Crippen molar-refractivity contribution >= 4 is 17.9 Å². The standard InChI is InChI=1S/C86H143NO8/c1-6-8-10-12-14-16-18-20-22-24-26-28-30-32-34-36-37-38-39-40-41-42-43-44-45-46-47-49-51-53-55-57-59-61-63-65-67-69-71-73-75-77-84(89)95-82(81-94-86(85(90)91)92-79-78-87(3,4)5)80-93-83(88)76-74-72-70-68-66-64-62-60-58-56-54-52-50-48-35-33-31-29-27-25-23-21-19-17-15-13-11-9-7-2/h8,10,14,16,20,22,25-28,32,34,37-38,40-41,43-44,46-47,51,53,57,59,63,65,82,86H,6-7,9,11-13,15,17-19,21,23-24,29-31,33,35-36,39,42,45,48-50,52,54-56,58,60-62,64,66-81H2,1-5H3/b10-8-,16-14-,22-20-,27-25-,28-26-,34-32-,38-37-,41-40-,44-43-,47-46-,53-51-,59-57-,65-63-. The van der Waals surface area contributed by atoms with Crippen molar-refractivity contribution in [3.05, 3.63) is 158 Å². The van der Waals surface area contributed by atoms with Crippen molar-refractivity contribution in [2.24, 2.45) is 0 Å². The third-order valence-corrected chi connectivity index (χ3v) is 16.3. The molecule has 0 N–H and O–H groups in total. The average Bonchev–Trinajstić information content (AvgIpc) is 3.54. The number of carbonyl (C=O) groups excluding carboxylic acids is 3. The van der Waals surface area contributed by atoms with Crippen LogP contribution in [-0.2, 0) is 33.3 Å². The molecule has 9 heteroatoms. The van der Waals surface area contributed by atoms with Crippen molar-refractivity contribution < 1.29 is 42.9 Å². The number of unbranched alkanes of at least 4 members (excludes halogenated alkanes) is 29. The highest BCUT2D eigenvalue weighted by Crippen LogP contribution is 2.17. The minimum atomic E-state index is -1.64. The molecular formula is C86H143NO8. The van der Waals surface area contributed by atoms with E-state index in [1.54, 1.807) is 0 Å². The van der Waals surface area contributed by atoms with Gasteiger partial charge in [-0.1, -0.05) is 326 Å². The van der Waals surface area contributed by atoms with Crippen LogP contribution in [0.3, 0.4) is 0 Å². The Bertz CT molecular complexity index is 2130. The Labute approximate surface area is 584 Å². The quantitative estimate of drug-likeness (QED) is 0.0195. The van der Waals surface area contributed by atoms with Crippen molar-refractivity contribution in [2.45, 2.75) is 322 Å². The normalized spacial score (nSPS) is 13.6. The molecule has 0 heterocycles. The van der Waals surface area contributed by atoms with E-state index in [-0.39, 0.29) is 38.6 Å². The molecule has 0 bridgehead atoms. The van der Waals surface area contributed by atoms with Crippen LogP contribution in [0.25, 0.3) is 0 Å². The van der Waals surface area contributed by atoms with Gasteiger partial charge in [-0.2, -0.15) is 0 Å². The fourth-order valence-electron chi connectivity index (χ4n) is 10.4. The Morgan fingerprint density at radius 1 is 0.326 bits per heavy atom. The van der Waals surface area contributed by atoms with Gasteiger partial charge in [-0.25, -0.2) is 0 Å². The van der Waals surface area contributed by atoms with Gasteiger partial charge in [0.05, 0.1) is 40.3 Å². The maximum atomic E-state index is 13.0. The first-order valence-corrected chi connectivity index (χ1v) is 38.6. The Morgan fingerprint density at radius 3 is 0.905 bits per heavy atom. The van der Waals surface area contributed by atoms with Crippen molar-refractivity contribution in [3.63, 3.8) is 0 Å². The molecule has 0 aromatic carbocycles. The summed E-state index contributed by atoms with van der Waals surface area (Å²) in [5, 5.41) is 11.8. The van der Waals surface area contributed by atoms with Crippen molar-refractivity contribution in [2.75, 3.05) is 47.5 Å². The number of nitrogens with zero attached hydrogens (tertiary/aromatic N) is 1. The highest BCUT2D eigenvalue weighted by molar-refractivity contribution is 5.70. The predicted octanol–water partition coefficient (Wildman–Crippen LogP) is 23.5. The van der Waals surface area contributed by atoms with E-state index in [9.17, 15) is 19.5 Å². The zero-order chi connectivity index (χ0) is 69.0. The SMILES string of the molecule is CC/C=C\C/C=C\C/C=C\C/C=C\C/C=C\C/C=C\C/C=C\C/C=C\C/C=C\C/C=C\C/C=C\C/C=C\CCCCCCC(=O)OC(COC(=O)CCCCCCCCCCCCCCCCCCC/C=C\CCCCCCCCCC)COC(OCC[N+](C)(C)C)C(=O)[O-]. The van der Waals surface area contributed by atoms with E-state index in [1.165, 1.54) is 154 Å². The van der Waals surface area contributed by atoms with Crippen LogP contribution in [-0.4, -0.2) is 82.3 Å². The van der Waals surface area contributed by atoms with Gasteiger partial charge in [0.15, 0.2) is 12.4 Å². The number of carboxylic acids is 1. The zero-order valence-corrected chi connectivity index (χ0v) is 61.7. The first kappa shape index (κ1) is 89.9. The summed E-state index contributed by atoms with van der Waals surface area (Å²) in [5.41, 5.74) is 0. The lowest BCUT2D eigenvalue weighted by Gasteiger charge is -2.26. The number of carbonyl (C=O) groups is 3. The topological polar surface area (TPSA) is 111 Å². The summed E-state index contributed by atoms with van der Waals surface area (Å²) >= 11 is 0. The molecule has 95 heavy (non-hydrogen) atoms. The lowest BCUT2D eigenvalue weighted by Crippen LogP contribution is -2.44. The van der Waals surface area contributed by atoms with Crippen molar-refractivity contribution in [3.8, 4) is 0 Å². The molecule has 0 fully saturated rings. The molecule has 0 aliphatic carbocycles. The van der Waals surface area contributed by atoms with Crippen molar-refractivity contribution in [1.29, 1.82) is 0 Å². The molecule has 0 rings (SSSR count). The van der Waals surface area contributed by atoms with Crippen LogP contribution in [0.5, 0.6) is 0 Å². The smallest absolute Gasteiger partial charge is 0.306 e. The molecule has 0 aliphatic rings. The summed E-state index contributed by atoms with van der Waals surface area (Å²) in [6.45, 7) is 4.62. The van der Waals surface area contributed by atoms with Gasteiger partial charge < -0.3 is 33.3 Å². The summed E-state index contributed by atoms with van der Waals surface area (Å²) in [4.78, 5) is 37.6. The maximum absolute atomic E-state index is 13.0. The number of rotatable bonds is 70. The molecular weight excluding hydrogens is 1170 g/mol. The molecule has 0 amide bonds. The summed E-state index contributed by atoms with van der Waals surface area (Å²) in [7, 11) is 5.92. The number of quaternary nitrogens is 1. The summed E-state index contributed by atoms with van der Waals surface area (Å²) in [5.74, 6) is -2.32. The van der Waals surface area contributed by atoms with Crippen LogP contribution >= 0.6 is 0 Å². The molecule has 0 aromatic rings. The molecule has 2 unspecified atom stereocenters. The average molecular weight is 1320 g/mol. The molecule has 0 saturated carbocycles. The minimum Gasteiger partial charge on any atom is -0.545 e. The van der Waals surface area contributed by atoms with E-state index in [1.807, 2.05) is 21.1 Å². The first-order chi connectivity index (χ1) is 46.6. The molecule has 0 radical (unpaired) electrons. The van der Waals surface area contributed by atoms with Crippen LogP contribution < -0.4 is 5.11 Å². The second-order valence-electron chi connectivity index (χ2n) is 26.6. The number of carboxylic acid groups (broad SMARTS) is 1. The highest BCUT2D eigenvalue weighted by atomic mass is 16.7. The second kappa shape index (κ2) is 74.7. The molecule has 9 nitrogen and oxygen atoms in total. The number of likely N-dealkylation sites (N-methyl/N-ethyl adjacent to an activating group) is 1. The number of hydrogen-bond acceptors (Lipinski definition) is 8. The number of hydrogen-bond donors (Lipinski definition) is 0. The minimum absolute atomic E-state index is 0.136. The predicted molar refractivity (Wildman–Crippen MR) is 407 cm³/mol. The molecule has 0 spiro atoms. The van der Waals surface area contributed by atoms with Crippen LogP contribution in [0.15, 0.2) is 158 Å². The fraction of sp³-hybridized carbons (Fsp3) is 0.663. The van der Waals surface area contributed by atoms with Gasteiger partial charge in [0.1, 0.15) is 13.2 Å². The van der Waals surface area contributed by atoms with Gasteiger partial charge >= 0.3 is 11.9 Å². The molecule has 0 aliphatic heterocycles. The van der Waals surface area contributed by atoms with E-state index in [2.05, 4.69) is 172 Å². The third-order valence-electron chi connectivity index (χ3n) is 16.3. The Kier molecular flexibility index (Phi) is 70.7. The van der Waals surface area contributed by atoms with E-state index >= 15 is 0 Å². The largest absolute Gasteiger partial charge is 0.545 e. The van der Waals surface area contributed by atoms with E-state index in [4.69, 9.17) is 18.9 Å².